The smallest absolute Gasteiger partial charge is 0.220 e. The minimum Gasteiger partial charge on any atom is -0.280 e. The normalized spacial score (nSPS) is 12.4. The van der Waals surface area contributed by atoms with Gasteiger partial charge in [-0.05, 0) is 247 Å². The Morgan fingerprint density at radius 2 is 0.391 bits per heavy atom. The molecule has 0 saturated heterocycles. The van der Waals surface area contributed by atoms with E-state index in [1.807, 2.05) is 0 Å². The van der Waals surface area contributed by atoms with Crippen LogP contribution in [0.15, 0.2) is 479 Å². The summed E-state index contributed by atoms with van der Waals surface area (Å²) >= 11 is 0. The molecule has 22 aromatic carbocycles. The molecule has 0 unspecified atom stereocenters. The third kappa shape index (κ3) is 11.5. The predicted molar refractivity (Wildman–Crippen MR) is 572 cm³/mol. The number of imidazole rings is 3. The molecule has 9 nitrogen and oxygen atoms in total. The number of aromatic nitrogens is 6. The minimum atomic E-state index is 0.878. The van der Waals surface area contributed by atoms with Crippen molar-refractivity contribution in [1.29, 1.82) is 0 Å². The van der Waals surface area contributed by atoms with Gasteiger partial charge in [-0.2, -0.15) is 0 Å². The van der Waals surface area contributed by atoms with E-state index in [0.29, 0.717) is 0 Å². The summed E-state index contributed by atoms with van der Waals surface area (Å²) in [6.45, 7) is 0. The molecule has 0 bridgehead atoms. The van der Waals surface area contributed by atoms with E-state index in [0.717, 1.165) is 108 Å². The number of para-hydroxylation sites is 13. The first-order chi connectivity index (χ1) is 68.5. The highest BCUT2D eigenvalue weighted by Crippen LogP contribution is 2.58. The predicted octanol–water partition coefficient (Wildman–Crippen LogP) is 34.5. The molecule has 3 aromatic heterocycles. The molecule has 0 N–H and O–H groups in total. The van der Waals surface area contributed by atoms with Crippen molar-refractivity contribution in [2.45, 2.75) is 0 Å². The summed E-state index contributed by atoms with van der Waals surface area (Å²) in [7, 11) is 0. The Hall–Kier alpha value is -18.6. The maximum absolute atomic E-state index is 5.32. The Bertz CT molecular complexity index is 9390. The second kappa shape index (κ2) is 30.5. The van der Waals surface area contributed by atoms with Crippen LogP contribution in [0.4, 0.5) is 52.0 Å². The van der Waals surface area contributed by atoms with Crippen LogP contribution < -0.4 is 14.7 Å². The zero-order chi connectivity index (χ0) is 90.3. The summed E-state index contributed by atoms with van der Waals surface area (Å²) in [4.78, 5) is 22.8. The largest absolute Gasteiger partial charge is 0.280 e. The lowest BCUT2D eigenvalue weighted by Gasteiger charge is -2.27. The van der Waals surface area contributed by atoms with Gasteiger partial charge in [-0.3, -0.25) is 28.4 Å². The Kier molecular flexibility index (Phi) is 17.0. The number of fused-ring (bicyclic) bond motifs is 30. The van der Waals surface area contributed by atoms with Crippen molar-refractivity contribution >= 4 is 117 Å². The van der Waals surface area contributed by atoms with Crippen molar-refractivity contribution in [3.63, 3.8) is 0 Å². The molecule has 0 amide bonds. The molecular weight excluding hydrogens is 1680 g/mol. The fraction of sp³-hybridized carbons (Fsp3) is 0. The van der Waals surface area contributed by atoms with E-state index < -0.39 is 0 Å². The summed E-state index contributed by atoms with van der Waals surface area (Å²) in [6.07, 6.45) is 0. The third-order valence-corrected chi connectivity index (χ3v) is 29.1. The molecule has 0 atom stereocenters. The molecule has 31 rings (SSSR count). The number of hydrogen-bond acceptors (Lipinski definition) is 6. The van der Waals surface area contributed by atoms with Gasteiger partial charge in [0.05, 0.1) is 72.9 Å². The van der Waals surface area contributed by atoms with E-state index in [9.17, 15) is 0 Å². The highest BCUT2D eigenvalue weighted by Gasteiger charge is 2.36. The number of anilines is 9. The second-order valence-electron chi connectivity index (χ2n) is 36.3. The SMILES string of the molecule is c1cc(-c2cccc(N3c4ccccc4-c4ccccc4-n4c3nc3ccccc34)c2)cc(-c2ccc3c4c(cccc24)-c2ccccc2-3)c1.c1ccc2c(c1)-c1cccc3c(-c4ccc(N5c6ccccc6-c6ccccc6-n6c5nc5ccccc56)cc4)ccc-2c13.c1ccc2c(c1)-c1cccc3c(-c4ccccc4N4c5ccccc5-c5ccccc5-n5c4nc4ccccc45)ccc-2c13. The van der Waals surface area contributed by atoms with Crippen LogP contribution in [-0.4, -0.2) is 28.7 Å². The van der Waals surface area contributed by atoms with Gasteiger partial charge in [0.25, 0.3) is 0 Å². The Labute approximate surface area is 796 Å². The highest BCUT2D eigenvalue weighted by atomic mass is 15.4. The van der Waals surface area contributed by atoms with Crippen LogP contribution in [0.25, 0.3) is 227 Å². The van der Waals surface area contributed by atoms with Crippen molar-refractivity contribution < 1.29 is 0 Å². The lowest BCUT2D eigenvalue weighted by Crippen LogP contribution is -2.15. The topological polar surface area (TPSA) is 63.2 Å². The van der Waals surface area contributed by atoms with E-state index in [4.69, 9.17) is 15.0 Å². The Balaban J connectivity index is 0.000000100. The van der Waals surface area contributed by atoms with Crippen LogP contribution in [0, 0.1) is 0 Å². The molecule has 9 heteroatoms. The van der Waals surface area contributed by atoms with E-state index in [1.54, 1.807) is 0 Å². The standard InChI is InChI=1S/C47H29N3.2C41H25N3/c1-2-17-36-35(16-1)40-21-11-20-39-34(26-27-41(36)46(39)40)32-14-9-12-30(28-32)31-13-10-15-33(29-31)49-43-23-6-3-18-37(43)38-19-4-7-24-44(38)50-45-25-8-5-22-42(45)48-47(49)50;1-2-13-27-26(12-1)32-17-11-18-33-28(24-25-34(27)40(32)33)29-14-3-7-20-36(29)43-37-21-8-4-15-30(37)31-16-5-9-22-38(31)44-39-23-10-6-19-35(39)42-41(43)44;1-2-11-30-29(10-1)34-15-9-14-33-28(24-25-35(30)40(33)34)26-20-22-27(23-21-26)43-37-17-6-3-12-31(37)32-13-4-7-18-38(32)44-39-19-8-5-16-36(39)42-41(43)44/h1-29H;2*1-25H. The third-order valence-electron chi connectivity index (χ3n) is 29.1. The van der Waals surface area contributed by atoms with E-state index in [1.165, 1.54) is 171 Å². The van der Waals surface area contributed by atoms with Crippen molar-refractivity contribution in [3.8, 4) is 162 Å². The van der Waals surface area contributed by atoms with Crippen LogP contribution in [-0.2, 0) is 0 Å². The Morgan fingerprint density at radius 1 is 0.138 bits per heavy atom. The van der Waals surface area contributed by atoms with E-state index in [2.05, 4.69) is 508 Å². The molecule has 3 aliphatic heterocycles. The van der Waals surface area contributed by atoms with Gasteiger partial charge >= 0.3 is 0 Å². The van der Waals surface area contributed by atoms with Gasteiger partial charge in [-0.1, -0.05) is 370 Å². The molecule has 25 aromatic rings. The molecule has 0 fully saturated rings. The summed E-state index contributed by atoms with van der Waals surface area (Å²) in [5.41, 5.74) is 48.8. The molecule has 0 radical (unpaired) electrons. The second-order valence-corrected chi connectivity index (χ2v) is 36.3. The maximum Gasteiger partial charge on any atom is 0.220 e. The zero-order valence-electron chi connectivity index (χ0n) is 74.6. The van der Waals surface area contributed by atoms with Crippen LogP contribution in [0.5, 0.6) is 0 Å². The minimum absolute atomic E-state index is 0.878. The number of nitrogens with zero attached hydrogens (tertiary/aromatic N) is 9. The van der Waals surface area contributed by atoms with Crippen LogP contribution in [0.3, 0.4) is 0 Å². The first-order valence-corrected chi connectivity index (χ1v) is 47.3. The fourth-order valence-corrected chi connectivity index (χ4v) is 23.2. The summed E-state index contributed by atoms with van der Waals surface area (Å²) in [5, 5.41) is 7.88. The van der Waals surface area contributed by atoms with Crippen LogP contribution in [0.1, 0.15) is 0 Å². The van der Waals surface area contributed by atoms with Crippen molar-refractivity contribution in [2.24, 2.45) is 0 Å². The first-order valence-electron chi connectivity index (χ1n) is 47.3. The van der Waals surface area contributed by atoms with Gasteiger partial charge in [-0.25, -0.2) is 15.0 Å². The molecule has 6 heterocycles. The lowest BCUT2D eigenvalue weighted by atomic mass is 9.92. The van der Waals surface area contributed by atoms with Gasteiger partial charge in [0.1, 0.15) is 0 Å². The van der Waals surface area contributed by atoms with Crippen LogP contribution in [0.2, 0.25) is 0 Å². The highest BCUT2D eigenvalue weighted by molar-refractivity contribution is 6.22. The van der Waals surface area contributed by atoms with Crippen molar-refractivity contribution in [2.75, 3.05) is 14.7 Å². The average molecular weight is 1760 g/mol. The molecule has 6 aliphatic rings. The summed E-state index contributed by atoms with van der Waals surface area (Å²) in [5.74, 6) is 2.65. The molecule has 640 valence electrons. The number of benzene rings is 22. The molecule has 0 saturated carbocycles. The van der Waals surface area contributed by atoms with Gasteiger partial charge in [0.2, 0.25) is 17.8 Å². The van der Waals surface area contributed by atoms with Gasteiger partial charge in [-0.15, -0.1) is 0 Å². The van der Waals surface area contributed by atoms with Gasteiger partial charge < -0.3 is 0 Å². The number of hydrogen-bond donors (Lipinski definition) is 0. The lowest BCUT2D eigenvalue weighted by molar-refractivity contribution is 1.05. The molecular formula is C129H79N9. The van der Waals surface area contributed by atoms with Crippen molar-refractivity contribution in [1.82, 2.24) is 28.7 Å². The molecule has 0 spiro atoms. The van der Waals surface area contributed by atoms with Crippen molar-refractivity contribution in [3.05, 3.63) is 479 Å². The van der Waals surface area contributed by atoms with E-state index >= 15 is 0 Å². The monoisotopic (exact) mass is 1750 g/mol. The van der Waals surface area contributed by atoms with Gasteiger partial charge in [0.15, 0.2) is 0 Å². The Morgan fingerprint density at radius 3 is 0.790 bits per heavy atom. The zero-order valence-corrected chi connectivity index (χ0v) is 74.6. The average Bonchev–Trinajstić information content (AvgIpc) is 1.59. The quantitative estimate of drug-likeness (QED) is 0.158. The van der Waals surface area contributed by atoms with Crippen LogP contribution >= 0.6 is 0 Å². The van der Waals surface area contributed by atoms with Gasteiger partial charge in [0, 0.05) is 50.3 Å². The molecule has 3 aliphatic carbocycles. The fourth-order valence-electron chi connectivity index (χ4n) is 23.2. The molecule has 138 heavy (non-hydrogen) atoms. The number of rotatable bonds is 7. The summed E-state index contributed by atoms with van der Waals surface area (Å²) < 4.78 is 6.94. The maximum atomic E-state index is 5.32. The first kappa shape index (κ1) is 77.1. The van der Waals surface area contributed by atoms with E-state index in [-0.39, 0.29) is 0 Å². The summed E-state index contributed by atoms with van der Waals surface area (Å²) in [6, 6.07) is 173.